The molecule has 26 heavy (non-hydrogen) atoms. The first-order valence-corrected chi connectivity index (χ1v) is 8.84. The Morgan fingerprint density at radius 2 is 1.73 bits per heavy atom. The number of amides is 2. The van der Waals surface area contributed by atoms with Crippen LogP contribution < -0.4 is 16.4 Å². The van der Waals surface area contributed by atoms with E-state index in [-0.39, 0.29) is 23.8 Å². The summed E-state index contributed by atoms with van der Waals surface area (Å²) in [5, 5.41) is 5.68. The van der Waals surface area contributed by atoms with Crippen LogP contribution in [0, 0.1) is 12.8 Å². The Hall–Kier alpha value is -2.66. The molecule has 0 bridgehead atoms. The Bertz CT molecular complexity index is 744. The van der Waals surface area contributed by atoms with Crippen LogP contribution in [0.25, 0.3) is 0 Å². The van der Waals surface area contributed by atoms with Crippen LogP contribution in [0.15, 0.2) is 54.6 Å². The van der Waals surface area contributed by atoms with Gasteiger partial charge in [-0.2, -0.15) is 0 Å². The Kier molecular flexibility index (Phi) is 6.92. The topological polar surface area (TPSA) is 84.2 Å². The summed E-state index contributed by atoms with van der Waals surface area (Å²) in [6.07, 6.45) is 0. The van der Waals surface area contributed by atoms with Gasteiger partial charge in [0, 0.05) is 18.2 Å². The molecular weight excluding hydrogens is 326 g/mol. The van der Waals surface area contributed by atoms with E-state index in [0.717, 1.165) is 11.1 Å². The van der Waals surface area contributed by atoms with Gasteiger partial charge in [0.2, 0.25) is 5.91 Å². The zero-order chi connectivity index (χ0) is 19.1. The number of hydrogen-bond donors (Lipinski definition) is 3. The van der Waals surface area contributed by atoms with Gasteiger partial charge in [-0.3, -0.25) is 9.59 Å². The second-order valence-corrected chi connectivity index (χ2v) is 6.83. The minimum atomic E-state index is -0.619. The van der Waals surface area contributed by atoms with Crippen LogP contribution in [-0.4, -0.2) is 24.4 Å². The number of nitrogens with two attached hydrogens (primary N) is 1. The van der Waals surface area contributed by atoms with E-state index < -0.39 is 6.04 Å². The van der Waals surface area contributed by atoms with Crippen molar-refractivity contribution in [1.29, 1.82) is 0 Å². The van der Waals surface area contributed by atoms with Crippen LogP contribution in [0.2, 0.25) is 0 Å². The lowest BCUT2D eigenvalue weighted by atomic mass is 10.0. The molecule has 2 unspecified atom stereocenters. The maximum absolute atomic E-state index is 12.6. The van der Waals surface area contributed by atoms with Crippen LogP contribution in [0.4, 0.5) is 0 Å². The minimum absolute atomic E-state index is 0.0447. The van der Waals surface area contributed by atoms with Gasteiger partial charge in [0.05, 0.1) is 0 Å². The Balaban J connectivity index is 1.97. The number of carbonyl (C=O) groups excluding carboxylic acids is 2. The molecule has 5 nitrogen and oxygen atoms in total. The molecule has 138 valence electrons. The molecule has 0 aliphatic rings. The molecule has 0 aliphatic heterocycles. The highest BCUT2D eigenvalue weighted by atomic mass is 16.2. The van der Waals surface area contributed by atoms with Crippen LogP contribution in [-0.2, 0) is 4.79 Å². The second kappa shape index (κ2) is 9.15. The summed E-state index contributed by atoms with van der Waals surface area (Å²) in [6, 6.07) is 16.0. The Morgan fingerprint density at radius 1 is 1.04 bits per heavy atom. The van der Waals surface area contributed by atoms with Crippen molar-refractivity contribution in [2.75, 3.05) is 6.54 Å². The molecule has 0 fully saturated rings. The normalized spacial score (nSPS) is 13.1. The zero-order valence-corrected chi connectivity index (χ0v) is 15.5. The summed E-state index contributed by atoms with van der Waals surface area (Å²) < 4.78 is 0. The molecule has 0 spiro atoms. The molecular formula is C21H27N3O2. The van der Waals surface area contributed by atoms with Crippen molar-refractivity contribution in [3.8, 4) is 0 Å². The van der Waals surface area contributed by atoms with E-state index in [1.807, 2.05) is 63.2 Å². The summed E-state index contributed by atoms with van der Waals surface area (Å²) in [7, 11) is 0. The quantitative estimate of drug-likeness (QED) is 0.715. The van der Waals surface area contributed by atoms with Crippen molar-refractivity contribution in [1.82, 2.24) is 10.6 Å². The highest BCUT2D eigenvalue weighted by Crippen LogP contribution is 2.10. The van der Waals surface area contributed by atoms with E-state index in [1.165, 1.54) is 0 Å². The number of rotatable bonds is 7. The van der Waals surface area contributed by atoms with Gasteiger partial charge in [0.15, 0.2) is 0 Å². The van der Waals surface area contributed by atoms with E-state index >= 15 is 0 Å². The number of nitrogens with one attached hydrogen (secondary N) is 2. The van der Waals surface area contributed by atoms with Gasteiger partial charge in [-0.05, 0) is 30.5 Å². The molecule has 5 heteroatoms. The van der Waals surface area contributed by atoms with Gasteiger partial charge >= 0.3 is 0 Å². The van der Waals surface area contributed by atoms with Crippen molar-refractivity contribution in [3.63, 3.8) is 0 Å². The first-order valence-electron chi connectivity index (χ1n) is 8.84. The van der Waals surface area contributed by atoms with Gasteiger partial charge in [0.1, 0.15) is 6.04 Å². The van der Waals surface area contributed by atoms with E-state index in [4.69, 9.17) is 5.73 Å². The third-order valence-corrected chi connectivity index (χ3v) is 4.24. The maximum atomic E-state index is 12.6. The van der Waals surface area contributed by atoms with Crippen molar-refractivity contribution < 1.29 is 9.59 Å². The molecule has 2 atom stereocenters. The smallest absolute Gasteiger partial charge is 0.251 e. The van der Waals surface area contributed by atoms with Gasteiger partial charge < -0.3 is 16.4 Å². The lowest BCUT2D eigenvalue weighted by molar-refractivity contribution is -0.124. The van der Waals surface area contributed by atoms with Crippen LogP contribution in [0.5, 0.6) is 0 Å². The Labute approximate surface area is 155 Å². The summed E-state index contributed by atoms with van der Waals surface area (Å²) in [6.45, 7) is 6.04. The summed E-state index contributed by atoms with van der Waals surface area (Å²) >= 11 is 0. The van der Waals surface area contributed by atoms with Crippen molar-refractivity contribution in [2.24, 2.45) is 11.7 Å². The zero-order valence-electron chi connectivity index (χ0n) is 15.5. The molecule has 2 amide bonds. The number of hydrogen-bond acceptors (Lipinski definition) is 3. The van der Waals surface area contributed by atoms with Gasteiger partial charge in [-0.1, -0.05) is 61.9 Å². The third kappa shape index (κ3) is 5.43. The van der Waals surface area contributed by atoms with Crippen molar-refractivity contribution >= 4 is 11.8 Å². The lowest BCUT2D eigenvalue weighted by Gasteiger charge is -2.23. The minimum Gasteiger partial charge on any atom is -0.352 e. The molecule has 0 heterocycles. The first-order chi connectivity index (χ1) is 12.4. The molecule has 0 aliphatic carbocycles. The summed E-state index contributed by atoms with van der Waals surface area (Å²) in [5.74, 6) is -0.529. The molecule has 2 aromatic rings. The van der Waals surface area contributed by atoms with E-state index in [2.05, 4.69) is 10.6 Å². The predicted octanol–water partition coefficient (Wildman–Crippen LogP) is 2.57. The van der Waals surface area contributed by atoms with Crippen LogP contribution in [0.1, 0.15) is 41.4 Å². The predicted molar refractivity (Wildman–Crippen MR) is 104 cm³/mol. The van der Waals surface area contributed by atoms with Crippen LogP contribution in [0.3, 0.4) is 0 Å². The summed E-state index contributed by atoms with van der Waals surface area (Å²) in [5.41, 5.74) is 8.63. The second-order valence-electron chi connectivity index (χ2n) is 6.83. The molecule has 0 saturated heterocycles. The van der Waals surface area contributed by atoms with E-state index in [0.29, 0.717) is 12.1 Å². The molecule has 0 radical (unpaired) electrons. The van der Waals surface area contributed by atoms with Gasteiger partial charge in [-0.25, -0.2) is 0 Å². The Morgan fingerprint density at radius 3 is 2.35 bits per heavy atom. The average Bonchev–Trinajstić information content (AvgIpc) is 2.64. The molecule has 0 saturated carbocycles. The lowest BCUT2D eigenvalue weighted by Crippen LogP contribution is -2.50. The standard InChI is InChI=1S/C21H27N3O2/c1-14(2)19(24-20(25)17-11-7-8-15(3)12-17)21(26)23-13-18(22)16-9-5-4-6-10-16/h4-12,14,18-19H,13,22H2,1-3H3,(H,23,26)(H,24,25). The molecule has 4 N–H and O–H groups in total. The number of carbonyl (C=O) groups is 2. The fraction of sp³-hybridized carbons (Fsp3) is 0.333. The highest BCUT2D eigenvalue weighted by molar-refractivity contribution is 5.97. The molecule has 2 rings (SSSR count). The van der Waals surface area contributed by atoms with E-state index in [1.54, 1.807) is 12.1 Å². The maximum Gasteiger partial charge on any atom is 0.251 e. The highest BCUT2D eigenvalue weighted by Gasteiger charge is 2.25. The van der Waals surface area contributed by atoms with Gasteiger partial charge in [-0.15, -0.1) is 0 Å². The van der Waals surface area contributed by atoms with Crippen molar-refractivity contribution in [2.45, 2.75) is 32.9 Å². The number of aryl methyl sites for hydroxylation is 1. The average molecular weight is 353 g/mol. The molecule has 0 aromatic heterocycles. The van der Waals surface area contributed by atoms with Gasteiger partial charge in [0.25, 0.3) is 5.91 Å². The summed E-state index contributed by atoms with van der Waals surface area (Å²) in [4.78, 5) is 25.0. The first kappa shape index (κ1) is 19.7. The monoisotopic (exact) mass is 353 g/mol. The van der Waals surface area contributed by atoms with Crippen molar-refractivity contribution in [3.05, 3.63) is 71.3 Å². The largest absolute Gasteiger partial charge is 0.352 e. The fourth-order valence-corrected chi connectivity index (χ4v) is 2.68. The third-order valence-electron chi connectivity index (χ3n) is 4.24. The van der Waals surface area contributed by atoms with Crippen LogP contribution >= 0.6 is 0 Å². The molecule has 2 aromatic carbocycles. The SMILES string of the molecule is Cc1cccc(C(=O)NC(C(=O)NCC(N)c2ccccc2)C(C)C)c1. The fourth-order valence-electron chi connectivity index (χ4n) is 2.68. The number of benzene rings is 2. The van der Waals surface area contributed by atoms with E-state index in [9.17, 15) is 9.59 Å².